The van der Waals surface area contributed by atoms with E-state index in [4.69, 9.17) is 5.73 Å². The molecule has 0 spiro atoms. The minimum atomic E-state index is -0.509. The number of hydrogen-bond acceptors (Lipinski definition) is 8. The number of benzene rings is 2. The zero-order chi connectivity index (χ0) is 26.6. The molecule has 38 heavy (non-hydrogen) atoms. The molecule has 3 aromatic heterocycles. The van der Waals surface area contributed by atoms with Crippen LogP contribution < -0.4 is 16.4 Å². The van der Waals surface area contributed by atoms with E-state index < -0.39 is 11.9 Å². The van der Waals surface area contributed by atoms with Gasteiger partial charge in [-0.15, -0.1) is 0 Å². The Morgan fingerprint density at radius 3 is 2.61 bits per heavy atom. The standard InChI is InChI=1S/C27H22FN9O/c1-15(17-6-8-20(28)9-7-17)34-27(38)23-26(33-14-21(11-29)35-23)31-12-16-2-4-18(5-3-16)19-10-22-24(30)36-37-25(22)32-13-19/h2-10,13-15H,12H2,1H3,(H,31,33)(H,34,38)(H3,30,32,36,37). The van der Waals surface area contributed by atoms with E-state index in [1.165, 1.54) is 18.3 Å². The summed E-state index contributed by atoms with van der Waals surface area (Å²) in [5, 5.41) is 22.7. The second-order valence-corrected chi connectivity index (χ2v) is 8.59. The Bertz CT molecular complexity index is 1660. The van der Waals surface area contributed by atoms with E-state index in [-0.39, 0.29) is 23.0 Å². The smallest absolute Gasteiger partial charge is 0.274 e. The first-order chi connectivity index (χ1) is 18.4. The van der Waals surface area contributed by atoms with Gasteiger partial charge in [-0.1, -0.05) is 36.4 Å². The first-order valence-corrected chi connectivity index (χ1v) is 11.7. The molecule has 1 amide bonds. The molecule has 0 aliphatic heterocycles. The summed E-state index contributed by atoms with van der Waals surface area (Å²) in [4.78, 5) is 25.8. The van der Waals surface area contributed by atoms with Gasteiger partial charge < -0.3 is 16.4 Å². The number of pyridine rings is 1. The Kier molecular flexibility index (Phi) is 6.61. The largest absolute Gasteiger partial charge is 0.384 e. The van der Waals surface area contributed by atoms with Crippen LogP contribution >= 0.6 is 0 Å². The van der Waals surface area contributed by atoms with Gasteiger partial charge in [0.05, 0.1) is 17.6 Å². The lowest BCUT2D eigenvalue weighted by Crippen LogP contribution is -2.29. The number of aromatic nitrogens is 5. The van der Waals surface area contributed by atoms with Crippen LogP contribution in [0.1, 0.15) is 40.3 Å². The molecular formula is C27H22FN9O. The van der Waals surface area contributed by atoms with E-state index in [0.29, 0.717) is 18.0 Å². The van der Waals surface area contributed by atoms with E-state index in [1.807, 2.05) is 36.4 Å². The summed E-state index contributed by atoms with van der Waals surface area (Å²) in [5.74, 6) is -0.168. The molecule has 0 fully saturated rings. The van der Waals surface area contributed by atoms with Crippen molar-refractivity contribution in [2.24, 2.45) is 0 Å². The normalized spacial score (nSPS) is 11.6. The van der Waals surface area contributed by atoms with Gasteiger partial charge >= 0.3 is 0 Å². The highest BCUT2D eigenvalue weighted by Gasteiger charge is 2.19. The van der Waals surface area contributed by atoms with Crippen molar-refractivity contribution in [3.05, 3.63) is 95.3 Å². The number of halogens is 1. The first-order valence-electron chi connectivity index (χ1n) is 11.7. The fourth-order valence-corrected chi connectivity index (χ4v) is 3.91. The molecule has 0 bridgehead atoms. The number of amides is 1. The molecule has 1 unspecified atom stereocenters. The lowest BCUT2D eigenvalue weighted by atomic mass is 10.0. The molecule has 0 aliphatic carbocycles. The topological polar surface area (TPSA) is 158 Å². The summed E-state index contributed by atoms with van der Waals surface area (Å²) in [5.41, 5.74) is 10.00. The Morgan fingerprint density at radius 2 is 1.87 bits per heavy atom. The van der Waals surface area contributed by atoms with Gasteiger partial charge in [0.1, 0.15) is 17.7 Å². The average Bonchev–Trinajstić information content (AvgIpc) is 3.32. The molecule has 3 heterocycles. The molecule has 2 aromatic carbocycles. The number of fused-ring (bicyclic) bond motifs is 1. The maximum Gasteiger partial charge on any atom is 0.274 e. The van der Waals surface area contributed by atoms with Crippen LogP contribution in [0.15, 0.2) is 67.0 Å². The summed E-state index contributed by atoms with van der Waals surface area (Å²) in [6.45, 7) is 2.14. The van der Waals surface area contributed by atoms with E-state index in [1.54, 1.807) is 25.3 Å². The van der Waals surface area contributed by atoms with E-state index >= 15 is 0 Å². The van der Waals surface area contributed by atoms with Gasteiger partial charge in [-0.25, -0.2) is 19.3 Å². The zero-order valence-electron chi connectivity index (χ0n) is 20.2. The lowest BCUT2D eigenvalue weighted by Gasteiger charge is -2.16. The predicted octanol–water partition coefficient (Wildman–Crippen LogP) is 4.11. The third-order valence-electron chi connectivity index (χ3n) is 6.01. The van der Waals surface area contributed by atoms with Crippen LogP contribution in [0, 0.1) is 17.1 Å². The van der Waals surface area contributed by atoms with Gasteiger partial charge in [-0.05, 0) is 41.8 Å². The van der Waals surface area contributed by atoms with Gasteiger partial charge in [0.15, 0.2) is 22.9 Å². The fraction of sp³-hybridized carbons (Fsp3) is 0.111. The number of nitriles is 1. The van der Waals surface area contributed by atoms with Crippen molar-refractivity contribution >= 4 is 28.6 Å². The van der Waals surface area contributed by atoms with Crippen LogP contribution in [0.25, 0.3) is 22.2 Å². The number of nitrogens with two attached hydrogens (primary N) is 1. The van der Waals surface area contributed by atoms with Crippen LogP contribution in [0.4, 0.5) is 16.0 Å². The number of hydrogen-bond donors (Lipinski definition) is 4. The Balaban J connectivity index is 1.30. The molecule has 5 rings (SSSR count). The highest BCUT2D eigenvalue weighted by Crippen LogP contribution is 2.25. The van der Waals surface area contributed by atoms with Crippen molar-refractivity contribution in [1.82, 2.24) is 30.5 Å². The molecule has 0 radical (unpaired) electrons. The van der Waals surface area contributed by atoms with Crippen LogP contribution in [-0.4, -0.2) is 31.1 Å². The number of anilines is 2. The summed E-state index contributed by atoms with van der Waals surface area (Å²) in [6.07, 6.45) is 3.04. The molecule has 0 saturated carbocycles. The molecule has 188 valence electrons. The molecular weight excluding hydrogens is 485 g/mol. The SMILES string of the molecule is CC(NC(=O)c1nc(C#N)cnc1NCc1ccc(-c2cnc3n[nH]c(N)c3c2)cc1)c1ccc(F)cc1. The Hall–Kier alpha value is -5.37. The number of nitrogens with one attached hydrogen (secondary N) is 3. The maximum absolute atomic E-state index is 13.3. The van der Waals surface area contributed by atoms with Gasteiger partial charge in [0.2, 0.25) is 0 Å². The third kappa shape index (κ3) is 5.10. The summed E-state index contributed by atoms with van der Waals surface area (Å²) in [6, 6.07) is 17.1. The summed E-state index contributed by atoms with van der Waals surface area (Å²) >= 11 is 0. The Labute approximate surface area is 216 Å². The summed E-state index contributed by atoms with van der Waals surface area (Å²) < 4.78 is 13.3. The number of nitrogens with zero attached hydrogens (tertiary/aromatic N) is 5. The highest BCUT2D eigenvalue weighted by molar-refractivity contribution is 5.97. The fourth-order valence-electron chi connectivity index (χ4n) is 3.91. The van der Waals surface area contributed by atoms with Crippen LogP contribution in [-0.2, 0) is 6.54 Å². The molecule has 1 atom stereocenters. The van der Waals surface area contributed by atoms with Crippen molar-refractivity contribution in [1.29, 1.82) is 5.26 Å². The van der Waals surface area contributed by atoms with Crippen molar-refractivity contribution < 1.29 is 9.18 Å². The second-order valence-electron chi connectivity index (χ2n) is 8.59. The minimum absolute atomic E-state index is 0.00768. The van der Waals surface area contributed by atoms with Crippen LogP contribution in [0.5, 0.6) is 0 Å². The monoisotopic (exact) mass is 507 g/mol. The van der Waals surface area contributed by atoms with Crippen molar-refractivity contribution in [3.63, 3.8) is 0 Å². The third-order valence-corrected chi connectivity index (χ3v) is 6.01. The van der Waals surface area contributed by atoms with E-state index in [2.05, 4.69) is 35.8 Å². The van der Waals surface area contributed by atoms with Crippen LogP contribution in [0.3, 0.4) is 0 Å². The van der Waals surface area contributed by atoms with Gasteiger partial charge in [0.25, 0.3) is 5.91 Å². The first kappa shape index (κ1) is 24.3. The number of carbonyl (C=O) groups excluding carboxylic acids is 1. The Morgan fingerprint density at radius 1 is 1.11 bits per heavy atom. The van der Waals surface area contributed by atoms with E-state index in [0.717, 1.165) is 27.6 Å². The average molecular weight is 508 g/mol. The second kappa shape index (κ2) is 10.3. The molecule has 5 N–H and O–H groups in total. The van der Waals surface area contributed by atoms with Crippen molar-refractivity contribution in [3.8, 4) is 17.2 Å². The number of rotatable bonds is 7. The maximum atomic E-state index is 13.3. The quantitative estimate of drug-likeness (QED) is 0.256. The number of nitrogen functional groups attached to an aromatic ring is 1. The van der Waals surface area contributed by atoms with Crippen molar-refractivity contribution in [2.75, 3.05) is 11.1 Å². The molecule has 5 aromatic rings. The minimum Gasteiger partial charge on any atom is -0.384 e. The van der Waals surface area contributed by atoms with Crippen molar-refractivity contribution in [2.45, 2.75) is 19.5 Å². The number of H-pyrrole nitrogens is 1. The lowest BCUT2D eigenvalue weighted by molar-refractivity contribution is 0.0935. The number of carbonyl (C=O) groups is 1. The number of aromatic amines is 1. The molecule has 0 saturated heterocycles. The molecule has 11 heteroatoms. The van der Waals surface area contributed by atoms with Gasteiger partial charge in [-0.3, -0.25) is 9.89 Å². The summed E-state index contributed by atoms with van der Waals surface area (Å²) in [7, 11) is 0. The van der Waals surface area contributed by atoms with E-state index in [9.17, 15) is 14.4 Å². The molecule has 0 aliphatic rings. The van der Waals surface area contributed by atoms with Gasteiger partial charge in [0, 0.05) is 18.3 Å². The predicted molar refractivity (Wildman–Crippen MR) is 140 cm³/mol. The van der Waals surface area contributed by atoms with Gasteiger partial charge in [-0.2, -0.15) is 10.4 Å². The van der Waals surface area contributed by atoms with Crippen LogP contribution in [0.2, 0.25) is 0 Å². The highest BCUT2D eigenvalue weighted by atomic mass is 19.1. The zero-order valence-corrected chi connectivity index (χ0v) is 20.2. The molecule has 10 nitrogen and oxygen atoms in total.